The average molecular weight is 322 g/mol. The lowest BCUT2D eigenvalue weighted by atomic mass is 10.2. The van der Waals surface area contributed by atoms with E-state index >= 15 is 0 Å². The molecule has 0 fully saturated rings. The Labute approximate surface area is 140 Å². The van der Waals surface area contributed by atoms with E-state index in [9.17, 15) is 9.90 Å². The van der Waals surface area contributed by atoms with Crippen molar-refractivity contribution in [3.63, 3.8) is 0 Å². The minimum absolute atomic E-state index is 0.207. The molecule has 0 bridgehead atoms. The van der Waals surface area contributed by atoms with E-state index < -0.39 is 0 Å². The van der Waals surface area contributed by atoms with Crippen molar-refractivity contribution in [2.45, 2.75) is 6.54 Å². The Hall–Kier alpha value is -3.28. The molecule has 1 aromatic heterocycles. The average Bonchev–Trinajstić information content (AvgIpc) is 3.11. The second-order valence-electron chi connectivity index (χ2n) is 5.42. The predicted molar refractivity (Wildman–Crippen MR) is 92.2 cm³/mol. The molecular weight excluding hydrogens is 304 g/mol. The first-order valence-corrected chi connectivity index (χ1v) is 7.52. The van der Waals surface area contributed by atoms with E-state index in [1.165, 1.54) is 0 Å². The molecule has 2 amide bonds. The van der Waals surface area contributed by atoms with E-state index in [0.717, 1.165) is 11.3 Å². The van der Waals surface area contributed by atoms with Gasteiger partial charge in [0.2, 0.25) is 0 Å². The van der Waals surface area contributed by atoms with Crippen LogP contribution in [0.3, 0.4) is 0 Å². The lowest BCUT2D eigenvalue weighted by molar-refractivity contribution is 0.220. The zero-order valence-corrected chi connectivity index (χ0v) is 13.3. The smallest absolute Gasteiger partial charge is 0.321 e. The Balaban J connectivity index is 1.72. The number of phenolic OH excluding ortho intramolecular Hbond substituents is 1. The predicted octanol–water partition coefficient (Wildman–Crippen LogP) is 3.24. The van der Waals surface area contributed by atoms with Crippen molar-refractivity contribution in [2.24, 2.45) is 0 Å². The van der Waals surface area contributed by atoms with Gasteiger partial charge >= 0.3 is 6.03 Å². The van der Waals surface area contributed by atoms with Crippen LogP contribution in [0.4, 0.5) is 10.5 Å². The molecule has 0 saturated carbocycles. The number of hydrogen-bond donors (Lipinski definition) is 2. The fourth-order valence-corrected chi connectivity index (χ4v) is 2.35. The molecule has 0 unspecified atom stereocenters. The Morgan fingerprint density at radius 1 is 1.17 bits per heavy atom. The number of nitrogens with zero attached hydrogens (tertiary/aromatic N) is 3. The largest absolute Gasteiger partial charge is 0.508 e. The van der Waals surface area contributed by atoms with Crippen molar-refractivity contribution < 1.29 is 9.90 Å². The summed E-state index contributed by atoms with van der Waals surface area (Å²) in [6.07, 6.45) is 3.51. The number of rotatable bonds is 4. The number of amides is 2. The van der Waals surface area contributed by atoms with Crippen LogP contribution in [-0.4, -0.2) is 32.9 Å². The number of nitrogens with one attached hydrogen (secondary N) is 1. The van der Waals surface area contributed by atoms with Gasteiger partial charge in [-0.2, -0.15) is 5.10 Å². The van der Waals surface area contributed by atoms with Crippen LogP contribution in [0.5, 0.6) is 5.75 Å². The van der Waals surface area contributed by atoms with Crippen LogP contribution in [0, 0.1) is 0 Å². The number of phenols is 1. The Kier molecular flexibility index (Phi) is 4.47. The summed E-state index contributed by atoms with van der Waals surface area (Å²) in [6.45, 7) is 0.441. The number of benzene rings is 2. The number of anilines is 1. The maximum atomic E-state index is 12.4. The van der Waals surface area contributed by atoms with E-state index in [1.807, 2.05) is 36.5 Å². The van der Waals surface area contributed by atoms with Crippen LogP contribution in [0.25, 0.3) is 5.69 Å². The molecule has 6 nitrogen and oxygen atoms in total. The molecule has 122 valence electrons. The minimum atomic E-state index is -0.220. The van der Waals surface area contributed by atoms with Crippen LogP contribution < -0.4 is 5.32 Å². The van der Waals surface area contributed by atoms with Crippen LogP contribution in [0.15, 0.2) is 67.0 Å². The van der Waals surface area contributed by atoms with Crippen LogP contribution in [0.2, 0.25) is 0 Å². The van der Waals surface area contributed by atoms with Crippen molar-refractivity contribution in [2.75, 3.05) is 12.4 Å². The van der Waals surface area contributed by atoms with Gasteiger partial charge in [-0.3, -0.25) is 0 Å². The Morgan fingerprint density at radius 3 is 2.62 bits per heavy atom. The quantitative estimate of drug-likeness (QED) is 0.774. The normalized spacial score (nSPS) is 10.4. The van der Waals surface area contributed by atoms with Crippen molar-refractivity contribution in [1.29, 1.82) is 0 Å². The molecule has 3 aromatic rings. The summed E-state index contributed by atoms with van der Waals surface area (Å²) in [4.78, 5) is 14.0. The number of para-hydroxylation sites is 2. The topological polar surface area (TPSA) is 70.4 Å². The van der Waals surface area contributed by atoms with E-state index in [0.29, 0.717) is 12.2 Å². The zero-order chi connectivity index (χ0) is 16.9. The highest BCUT2D eigenvalue weighted by atomic mass is 16.3. The highest BCUT2D eigenvalue weighted by Crippen LogP contribution is 2.19. The summed E-state index contributed by atoms with van der Waals surface area (Å²) in [6, 6.07) is 15.9. The first kappa shape index (κ1) is 15.6. The lowest BCUT2D eigenvalue weighted by Gasteiger charge is -2.19. The number of hydrogen-bond acceptors (Lipinski definition) is 3. The van der Waals surface area contributed by atoms with E-state index in [-0.39, 0.29) is 11.8 Å². The second-order valence-corrected chi connectivity index (χ2v) is 5.42. The number of aromatic nitrogens is 2. The molecule has 0 aliphatic carbocycles. The van der Waals surface area contributed by atoms with Crippen molar-refractivity contribution in [1.82, 2.24) is 14.7 Å². The molecule has 0 aliphatic rings. The summed E-state index contributed by atoms with van der Waals surface area (Å²) in [5.41, 5.74) is 2.42. The standard InChI is InChI=1S/C18H18N4O2/c1-21(13-14-7-9-15(23)10-8-14)18(24)20-16-5-2-3-6-17(16)22-12-4-11-19-22/h2-12,23H,13H2,1H3,(H,20,24). The van der Waals surface area contributed by atoms with E-state index in [2.05, 4.69) is 10.4 Å². The first-order chi connectivity index (χ1) is 11.6. The molecule has 6 heteroatoms. The van der Waals surface area contributed by atoms with Gasteiger partial charge in [0.15, 0.2) is 0 Å². The van der Waals surface area contributed by atoms with Crippen LogP contribution >= 0.6 is 0 Å². The fraction of sp³-hybridized carbons (Fsp3) is 0.111. The fourth-order valence-electron chi connectivity index (χ4n) is 2.35. The highest BCUT2D eigenvalue weighted by molar-refractivity contribution is 5.91. The van der Waals surface area contributed by atoms with E-state index in [4.69, 9.17) is 0 Å². The molecule has 1 heterocycles. The summed E-state index contributed by atoms with van der Waals surface area (Å²) in [7, 11) is 1.72. The third-order valence-electron chi connectivity index (χ3n) is 3.60. The van der Waals surface area contributed by atoms with Gasteiger partial charge in [-0.1, -0.05) is 24.3 Å². The number of aromatic hydroxyl groups is 1. The third kappa shape index (κ3) is 3.55. The second kappa shape index (κ2) is 6.87. The van der Waals surface area contributed by atoms with Gasteiger partial charge in [-0.05, 0) is 35.9 Å². The van der Waals surface area contributed by atoms with E-state index in [1.54, 1.807) is 47.1 Å². The lowest BCUT2D eigenvalue weighted by Crippen LogP contribution is -2.31. The van der Waals surface area contributed by atoms with Gasteiger partial charge < -0.3 is 15.3 Å². The maximum absolute atomic E-state index is 12.4. The summed E-state index contributed by atoms with van der Waals surface area (Å²) < 4.78 is 1.70. The van der Waals surface area contributed by atoms with Crippen LogP contribution in [0.1, 0.15) is 5.56 Å². The van der Waals surface area contributed by atoms with Crippen LogP contribution in [-0.2, 0) is 6.54 Å². The van der Waals surface area contributed by atoms with Gasteiger partial charge in [0.25, 0.3) is 0 Å². The molecule has 0 spiro atoms. The van der Waals surface area contributed by atoms with Gasteiger partial charge in [0.05, 0.1) is 11.4 Å². The summed E-state index contributed by atoms with van der Waals surface area (Å²) in [5, 5.41) is 16.4. The monoisotopic (exact) mass is 322 g/mol. The number of carbonyl (C=O) groups excluding carboxylic acids is 1. The highest BCUT2D eigenvalue weighted by Gasteiger charge is 2.12. The third-order valence-corrected chi connectivity index (χ3v) is 3.60. The molecule has 0 radical (unpaired) electrons. The van der Waals surface area contributed by atoms with Gasteiger partial charge in [-0.15, -0.1) is 0 Å². The van der Waals surface area contributed by atoms with Gasteiger partial charge in [0.1, 0.15) is 5.75 Å². The molecule has 0 aliphatic heterocycles. The van der Waals surface area contributed by atoms with Gasteiger partial charge in [-0.25, -0.2) is 9.48 Å². The minimum Gasteiger partial charge on any atom is -0.508 e. The summed E-state index contributed by atoms with van der Waals surface area (Å²) >= 11 is 0. The van der Waals surface area contributed by atoms with Gasteiger partial charge in [0, 0.05) is 26.0 Å². The molecule has 0 atom stereocenters. The Morgan fingerprint density at radius 2 is 1.92 bits per heavy atom. The SMILES string of the molecule is CN(Cc1ccc(O)cc1)C(=O)Nc1ccccc1-n1cccn1. The molecule has 2 aromatic carbocycles. The molecule has 24 heavy (non-hydrogen) atoms. The number of carbonyl (C=O) groups is 1. The summed E-state index contributed by atoms with van der Waals surface area (Å²) in [5.74, 6) is 0.207. The molecule has 2 N–H and O–H groups in total. The zero-order valence-electron chi connectivity index (χ0n) is 13.3. The van der Waals surface area contributed by atoms with Crippen molar-refractivity contribution in [3.05, 3.63) is 72.6 Å². The Bertz CT molecular complexity index is 813. The number of urea groups is 1. The maximum Gasteiger partial charge on any atom is 0.321 e. The first-order valence-electron chi connectivity index (χ1n) is 7.52. The van der Waals surface area contributed by atoms with Crippen molar-refractivity contribution >= 4 is 11.7 Å². The van der Waals surface area contributed by atoms with Crippen molar-refractivity contribution in [3.8, 4) is 11.4 Å². The molecule has 3 rings (SSSR count). The molecule has 0 saturated heterocycles. The molecular formula is C18H18N4O2.